The molecule has 3 rings (SSSR count). The highest BCUT2D eigenvalue weighted by Gasteiger charge is 2.15. The van der Waals surface area contributed by atoms with Crippen molar-refractivity contribution in [2.24, 2.45) is 0 Å². The van der Waals surface area contributed by atoms with Gasteiger partial charge in [0.25, 0.3) is 5.91 Å². The molecule has 4 heteroatoms. The van der Waals surface area contributed by atoms with Gasteiger partial charge < -0.3 is 10.3 Å². The van der Waals surface area contributed by atoms with Gasteiger partial charge >= 0.3 is 0 Å². The quantitative estimate of drug-likeness (QED) is 0.538. The summed E-state index contributed by atoms with van der Waals surface area (Å²) < 4.78 is 0. The number of aromatic nitrogens is 1. The molecule has 0 bridgehead atoms. The number of fused-ring (bicyclic) bond motifs is 1. The number of hydrogen-bond donors (Lipinski definition) is 2. The highest BCUT2D eigenvalue weighted by Crippen LogP contribution is 2.24. The van der Waals surface area contributed by atoms with Crippen LogP contribution in [0.15, 0.2) is 54.1 Å². The van der Waals surface area contributed by atoms with Gasteiger partial charge in [-0.15, -0.1) is 0 Å². The van der Waals surface area contributed by atoms with Gasteiger partial charge in [-0.2, -0.15) is 5.26 Å². The van der Waals surface area contributed by atoms with Crippen LogP contribution in [0.25, 0.3) is 17.0 Å². The summed E-state index contributed by atoms with van der Waals surface area (Å²) in [6.07, 6.45) is 1.66. The fourth-order valence-electron chi connectivity index (χ4n) is 2.99. The normalized spacial score (nSPS) is 12.6. The highest BCUT2D eigenvalue weighted by atomic mass is 16.1. The summed E-state index contributed by atoms with van der Waals surface area (Å²) in [6, 6.07) is 17.7. The van der Waals surface area contributed by atoms with E-state index in [1.165, 1.54) is 5.56 Å². The maximum atomic E-state index is 12.6. The lowest BCUT2D eigenvalue weighted by atomic mass is 10.0. The molecule has 0 spiro atoms. The average molecular weight is 343 g/mol. The monoisotopic (exact) mass is 343 g/mol. The molecule has 0 aliphatic carbocycles. The van der Waals surface area contributed by atoms with E-state index in [1.807, 2.05) is 75.4 Å². The van der Waals surface area contributed by atoms with Crippen LogP contribution < -0.4 is 5.32 Å². The van der Waals surface area contributed by atoms with E-state index < -0.39 is 0 Å². The first-order chi connectivity index (χ1) is 12.5. The van der Waals surface area contributed by atoms with Crippen LogP contribution in [0.5, 0.6) is 0 Å². The molecule has 2 N–H and O–H groups in total. The maximum absolute atomic E-state index is 12.6. The van der Waals surface area contributed by atoms with Crippen molar-refractivity contribution >= 4 is 22.9 Å². The fraction of sp³-hybridized carbons (Fsp3) is 0.182. The summed E-state index contributed by atoms with van der Waals surface area (Å²) in [4.78, 5) is 15.9. The number of aryl methyl sites for hydroxylation is 2. The van der Waals surface area contributed by atoms with Crippen LogP contribution in [0.2, 0.25) is 0 Å². The number of benzene rings is 2. The molecule has 0 aliphatic rings. The molecule has 3 aromatic rings. The van der Waals surface area contributed by atoms with Crippen LogP contribution in [0.3, 0.4) is 0 Å². The van der Waals surface area contributed by atoms with Crippen LogP contribution >= 0.6 is 0 Å². The Hall–Kier alpha value is -3.32. The highest BCUT2D eigenvalue weighted by molar-refractivity contribution is 6.04. The van der Waals surface area contributed by atoms with Gasteiger partial charge in [-0.25, -0.2) is 0 Å². The lowest BCUT2D eigenvalue weighted by Gasteiger charge is -2.14. The predicted octanol–water partition coefficient (Wildman–Crippen LogP) is 4.57. The van der Waals surface area contributed by atoms with Crippen molar-refractivity contribution in [1.82, 2.24) is 10.3 Å². The summed E-state index contributed by atoms with van der Waals surface area (Å²) >= 11 is 0. The molecule has 1 heterocycles. The number of H-pyrrole nitrogens is 1. The van der Waals surface area contributed by atoms with E-state index in [9.17, 15) is 10.1 Å². The van der Waals surface area contributed by atoms with Gasteiger partial charge in [0.1, 0.15) is 11.6 Å². The van der Waals surface area contributed by atoms with Crippen molar-refractivity contribution in [2.75, 3.05) is 0 Å². The molecule has 0 unspecified atom stereocenters. The minimum atomic E-state index is -0.370. The van der Waals surface area contributed by atoms with Crippen molar-refractivity contribution in [3.63, 3.8) is 0 Å². The molecular weight excluding hydrogens is 322 g/mol. The Balaban J connectivity index is 1.87. The molecule has 0 saturated carbocycles. The van der Waals surface area contributed by atoms with E-state index in [-0.39, 0.29) is 17.5 Å². The molecule has 130 valence electrons. The molecular formula is C22H21N3O. The van der Waals surface area contributed by atoms with E-state index in [1.54, 1.807) is 6.08 Å². The third-order valence-corrected chi connectivity index (χ3v) is 4.52. The zero-order valence-corrected chi connectivity index (χ0v) is 15.1. The second-order valence-electron chi connectivity index (χ2n) is 6.48. The van der Waals surface area contributed by atoms with Crippen molar-refractivity contribution in [3.05, 3.63) is 76.5 Å². The number of hydrogen-bond acceptors (Lipinski definition) is 2. The predicted molar refractivity (Wildman–Crippen MR) is 104 cm³/mol. The van der Waals surface area contributed by atoms with Gasteiger partial charge in [-0.05, 0) is 38.5 Å². The molecule has 1 aromatic heterocycles. The number of nitriles is 1. The Morgan fingerprint density at radius 2 is 1.85 bits per heavy atom. The van der Waals surface area contributed by atoms with Crippen LogP contribution in [0, 0.1) is 25.2 Å². The summed E-state index contributed by atoms with van der Waals surface area (Å²) in [5.74, 6) is -0.370. The van der Waals surface area contributed by atoms with Crippen molar-refractivity contribution in [2.45, 2.75) is 26.8 Å². The van der Waals surface area contributed by atoms with E-state index in [0.717, 1.165) is 27.7 Å². The molecule has 26 heavy (non-hydrogen) atoms. The van der Waals surface area contributed by atoms with E-state index >= 15 is 0 Å². The maximum Gasteiger partial charge on any atom is 0.262 e. The first-order valence-corrected chi connectivity index (χ1v) is 8.56. The van der Waals surface area contributed by atoms with Gasteiger partial charge in [-0.1, -0.05) is 48.0 Å². The molecule has 2 aromatic carbocycles. The Kier molecular flexibility index (Phi) is 4.90. The first-order valence-electron chi connectivity index (χ1n) is 8.56. The van der Waals surface area contributed by atoms with Gasteiger partial charge in [0, 0.05) is 22.2 Å². The Morgan fingerprint density at radius 1 is 1.15 bits per heavy atom. The molecule has 1 amide bonds. The topological polar surface area (TPSA) is 68.7 Å². The molecule has 4 nitrogen and oxygen atoms in total. The first kappa shape index (κ1) is 17.5. The fourth-order valence-corrected chi connectivity index (χ4v) is 2.99. The van der Waals surface area contributed by atoms with Gasteiger partial charge in [0.05, 0.1) is 6.04 Å². The Bertz CT molecular complexity index is 1020. The number of amides is 1. The SMILES string of the molecule is Cc1ccc([C@@H](C)NC(=O)/C(C#N)=C\c2c(C)[nH]c3ccccc23)cc1. The minimum Gasteiger partial charge on any atom is -0.358 e. The lowest BCUT2D eigenvalue weighted by Crippen LogP contribution is -2.27. The minimum absolute atomic E-state index is 0.0943. The van der Waals surface area contributed by atoms with Gasteiger partial charge in [0.2, 0.25) is 0 Å². The molecule has 0 aliphatic heterocycles. The zero-order chi connectivity index (χ0) is 18.7. The van der Waals surface area contributed by atoms with E-state index in [4.69, 9.17) is 0 Å². The second-order valence-corrected chi connectivity index (χ2v) is 6.48. The second kappa shape index (κ2) is 7.28. The average Bonchev–Trinajstić information content (AvgIpc) is 2.95. The molecule has 0 saturated heterocycles. The van der Waals surface area contributed by atoms with Crippen molar-refractivity contribution in [3.8, 4) is 6.07 Å². The third-order valence-electron chi connectivity index (χ3n) is 4.52. The van der Waals surface area contributed by atoms with Crippen molar-refractivity contribution in [1.29, 1.82) is 5.26 Å². The number of nitrogens with zero attached hydrogens (tertiary/aromatic N) is 1. The Labute approximate surface area is 153 Å². The zero-order valence-electron chi connectivity index (χ0n) is 15.1. The number of carbonyl (C=O) groups is 1. The summed E-state index contributed by atoms with van der Waals surface area (Å²) in [5.41, 5.74) is 5.05. The number of rotatable bonds is 4. The number of nitrogens with one attached hydrogen (secondary N) is 2. The van der Waals surface area contributed by atoms with Crippen LogP contribution in [0.1, 0.15) is 35.3 Å². The summed E-state index contributed by atoms with van der Waals surface area (Å²) in [6.45, 7) is 5.87. The van der Waals surface area contributed by atoms with Crippen LogP contribution in [-0.4, -0.2) is 10.9 Å². The number of para-hydroxylation sites is 1. The van der Waals surface area contributed by atoms with Crippen LogP contribution in [0.4, 0.5) is 0 Å². The lowest BCUT2D eigenvalue weighted by molar-refractivity contribution is -0.117. The van der Waals surface area contributed by atoms with E-state index in [2.05, 4.69) is 10.3 Å². The number of carbonyl (C=O) groups excluding carboxylic acids is 1. The molecule has 0 radical (unpaired) electrons. The standard InChI is InChI=1S/C22H21N3O/c1-14-8-10-17(11-9-14)15(2)25-22(26)18(13-23)12-20-16(3)24-21-7-5-4-6-19(20)21/h4-12,15,24H,1-3H3,(H,25,26)/b18-12-/t15-/m1/s1. The molecule has 0 fully saturated rings. The smallest absolute Gasteiger partial charge is 0.262 e. The Morgan fingerprint density at radius 3 is 2.54 bits per heavy atom. The number of aromatic amines is 1. The van der Waals surface area contributed by atoms with E-state index in [0.29, 0.717) is 0 Å². The van der Waals surface area contributed by atoms with Crippen molar-refractivity contribution < 1.29 is 4.79 Å². The summed E-state index contributed by atoms with van der Waals surface area (Å²) in [5, 5.41) is 13.4. The van der Waals surface area contributed by atoms with Gasteiger partial charge in [-0.3, -0.25) is 4.79 Å². The third kappa shape index (κ3) is 3.52. The van der Waals surface area contributed by atoms with Gasteiger partial charge in [0.15, 0.2) is 0 Å². The summed E-state index contributed by atoms with van der Waals surface area (Å²) in [7, 11) is 0. The molecule has 1 atom stereocenters. The largest absolute Gasteiger partial charge is 0.358 e. The van der Waals surface area contributed by atoms with Crippen LogP contribution in [-0.2, 0) is 4.79 Å².